The summed E-state index contributed by atoms with van der Waals surface area (Å²) in [6.07, 6.45) is 0. The first-order chi connectivity index (χ1) is 27.6. The van der Waals surface area contributed by atoms with Crippen molar-refractivity contribution in [2.45, 2.75) is 6.92 Å². The van der Waals surface area contributed by atoms with Crippen molar-refractivity contribution in [2.75, 3.05) is 4.90 Å². The van der Waals surface area contributed by atoms with Gasteiger partial charge in [-0.25, -0.2) is 4.85 Å². The number of hydrogen-bond acceptors (Lipinski definition) is 2. The van der Waals surface area contributed by atoms with E-state index in [1.807, 2.05) is 36.4 Å². The summed E-state index contributed by atoms with van der Waals surface area (Å²) in [6, 6.07) is 65.3. The monoisotopic (exact) mass is 715 g/mol. The van der Waals surface area contributed by atoms with E-state index in [4.69, 9.17) is 6.57 Å². The molecule has 10 aromatic rings. The van der Waals surface area contributed by atoms with Crippen molar-refractivity contribution in [1.82, 2.24) is 9.13 Å². The second kappa shape index (κ2) is 13.2. The number of nitrogens with zero attached hydrogens (tertiary/aromatic N) is 5. The molecule has 2 heterocycles. The third-order valence-electron chi connectivity index (χ3n) is 10.8. The van der Waals surface area contributed by atoms with Crippen LogP contribution < -0.4 is 4.90 Å². The van der Waals surface area contributed by atoms with Crippen LogP contribution in [0.1, 0.15) is 11.1 Å². The lowest BCUT2D eigenvalue weighted by atomic mass is 9.97. The van der Waals surface area contributed by atoms with Crippen LogP contribution in [0.3, 0.4) is 0 Å². The van der Waals surface area contributed by atoms with Gasteiger partial charge in [-0.2, -0.15) is 5.26 Å². The Hall–Kier alpha value is -7.86. The molecule has 0 radical (unpaired) electrons. The molecule has 0 aliphatic carbocycles. The molecule has 0 aliphatic heterocycles. The zero-order valence-electron chi connectivity index (χ0n) is 30.6. The first-order valence-corrected chi connectivity index (χ1v) is 18.6. The van der Waals surface area contributed by atoms with Gasteiger partial charge in [0, 0.05) is 50.0 Å². The molecule has 56 heavy (non-hydrogen) atoms. The quantitative estimate of drug-likeness (QED) is 0.161. The third-order valence-corrected chi connectivity index (χ3v) is 10.8. The molecule has 0 saturated heterocycles. The van der Waals surface area contributed by atoms with Gasteiger partial charge in [-0.3, -0.25) is 0 Å². The highest BCUT2D eigenvalue weighted by atomic mass is 15.1. The molecule has 2 aromatic heterocycles. The van der Waals surface area contributed by atoms with Gasteiger partial charge in [0.2, 0.25) is 0 Å². The number of aryl methyl sites for hydroxylation is 1. The Bertz CT molecular complexity index is 3190. The maximum absolute atomic E-state index is 10.5. The molecule has 0 saturated carbocycles. The van der Waals surface area contributed by atoms with Gasteiger partial charge < -0.3 is 14.0 Å². The van der Waals surface area contributed by atoms with E-state index in [9.17, 15) is 5.26 Å². The summed E-state index contributed by atoms with van der Waals surface area (Å²) in [5.41, 5.74) is 12.9. The van der Waals surface area contributed by atoms with Crippen molar-refractivity contribution < 1.29 is 0 Å². The molecule has 0 unspecified atom stereocenters. The minimum absolute atomic E-state index is 0.487. The molecule has 0 N–H and O–H groups in total. The summed E-state index contributed by atoms with van der Waals surface area (Å²) in [5.74, 6) is 0. The fourth-order valence-corrected chi connectivity index (χ4v) is 8.30. The van der Waals surface area contributed by atoms with Crippen LogP contribution in [0.4, 0.5) is 22.7 Å². The number of rotatable bonds is 6. The van der Waals surface area contributed by atoms with Gasteiger partial charge in [0.25, 0.3) is 0 Å². The van der Waals surface area contributed by atoms with Crippen molar-refractivity contribution in [3.8, 4) is 28.6 Å². The molecule has 5 nitrogen and oxygen atoms in total. The minimum Gasteiger partial charge on any atom is -0.310 e. The first-order valence-electron chi connectivity index (χ1n) is 18.6. The number of aromatic nitrogens is 2. The minimum atomic E-state index is 0.487. The second-order valence-electron chi connectivity index (χ2n) is 14.1. The predicted octanol–water partition coefficient (Wildman–Crippen LogP) is 13.7. The summed E-state index contributed by atoms with van der Waals surface area (Å²) in [7, 11) is 0. The zero-order valence-corrected chi connectivity index (χ0v) is 30.6. The van der Waals surface area contributed by atoms with Crippen molar-refractivity contribution in [1.29, 1.82) is 5.26 Å². The van der Waals surface area contributed by atoms with E-state index < -0.39 is 0 Å². The molecule has 0 amide bonds. The fraction of sp³-hybridized carbons (Fsp3) is 0.0196. The predicted molar refractivity (Wildman–Crippen MR) is 231 cm³/mol. The maximum atomic E-state index is 10.5. The molecule has 0 atom stereocenters. The standard InChI is InChI=1S/C51H33N5/c1-34-21-26-43-41-17-9-11-19-48(41)55(50(43)29-34)38-23-22-35(33-52)45(30-38)46-31-39(25-28-47(46)53-2)56-49-20-12-10-18-42(49)44-27-24-40(32-51(44)56)54(36-13-5-3-6-14-36)37-15-7-4-8-16-37/h3-32H,1H3. The van der Waals surface area contributed by atoms with Gasteiger partial charge in [-0.1, -0.05) is 97.1 Å². The van der Waals surface area contributed by atoms with E-state index in [1.54, 1.807) is 0 Å². The van der Waals surface area contributed by atoms with Gasteiger partial charge in [0.05, 0.1) is 40.3 Å². The van der Waals surface area contributed by atoms with Crippen LogP contribution in [0.15, 0.2) is 182 Å². The normalized spacial score (nSPS) is 11.3. The van der Waals surface area contributed by atoms with E-state index in [2.05, 4.69) is 177 Å². The number of nitriles is 1. The van der Waals surface area contributed by atoms with Crippen LogP contribution in [0.2, 0.25) is 0 Å². The lowest BCUT2D eigenvalue weighted by Crippen LogP contribution is -2.09. The van der Waals surface area contributed by atoms with Crippen molar-refractivity contribution >= 4 is 66.4 Å². The number of fused-ring (bicyclic) bond motifs is 6. The Labute approximate surface area is 324 Å². The molecule has 0 fully saturated rings. The highest BCUT2D eigenvalue weighted by Gasteiger charge is 2.20. The Morgan fingerprint density at radius 3 is 1.61 bits per heavy atom. The summed E-state index contributed by atoms with van der Waals surface area (Å²) < 4.78 is 4.55. The van der Waals surface area contributed by atoms with Crippen LogP contribution in [0, 0.1) is 24.8 Å². The summed E-state index contributed by atoms with van der Waals surface area (Å²) >= 11 is 0. The molecule has 8 aromatic carbocycles. The van der Waals surface area contributed by atoms with Gasteiger partial charge in [0.15, 0.2) is 5.69 Å². The maximum Gasteiger partial charge on any atom is 0.195 e. The van der Waals surface area contributed by atoms with Crippen LogP contribution >= 0.6 is 0 Å². The largest absolute Gasteiger partial charge is 0.310 e. The lowest BCUT2D eigenvalue weighted by Gasteiger charge is -2.25. The molecule has 0 bridgehead atoms. The van der Waals surface area contributed by atoms with Crippen molar-refractivity contribution in [2.24, 2.45) is 0 Å². The van der Waals surface area contributed by atoms with Crippen LogP contribution in [-0.2, 0) is 0 Å². The number of para-hydroxylation sites is 4. The summed E-state index contributed by atoms with van der Waals surface area (Å²) in [6.45, 7) is 10.4. The van der Waals surface area contributed by atoms with Gasteiger partial charge in [-0.15, -0.1) is 0 Å². The van der Waals surface area contributed by atoms with Gasteiger partial charge in [-0.05, 0) is 109 Å². The van der Waals surface area contributed by atoms with Gasteiger partial charge in [0.1, 0.15) is 0 Å². The first kappa shape index (κ1) is 32.8. The smallest absolute Gasteiger partial charge is 0.195 e. The van der Waals surface area contributed by atoms with Crippen LogP contribution in [-0.4, -0.2) is 9.13 Å². The number of benzene rings is 8. The average molecular weight is 716 g/mol. The average Bonchev–Trinajstić information content (AvgIpc) is 3.76. The molecular weight excluding hydrogens is 683 g/mol. The van der Waals surface area contributed by atoms with Crippen molar-refractivity contribution in [3.63, 3.8) is 0 Å². The van der Waals surface area contributed by atoms with Crippen LogP contribution in [0.5, 0.6) is 0 Å². The fourth-order valence-electron chi connectivity index (χ4n) is 8.30. The summed E-state index contributed by atoms with van der Waals surface area (Å²) in [5, 5.41) is 15.1. The van der Waals surface area contributed by atoms with E-state index in [-0.39, 0.29) is 0 Å². The Morgan fingerprint density at radius 2 is 1.00 bits per heavy atom. The van der Waals surface area contributed by atoms with E-state index in [0.717, 1.165) is 66.8 Å². The zero-order chi connectivity index (χ0) is 37.8. The van der Waals surface area contributed by atoms with E-state index in [0.29, 0.717) is 16.8 Å². The number of hydrogen-bond donors (Lipinski definition) is 0. The second-order valence-corrected chi connectivity index (χ2v) is 14.1. The number of anilines is 3. The Morgan fingerprint density at radius 1 is 0.482 bits per heavy atom. The molecular formula is C51H33N5. The SMILES string of the molecule is [C-]#[N+]c1ccc(-n2c3ccccc3c3ccc(N(c4ccccc4)c4ccccc4)cc32)cc1-c1cc(-n2c3ccccc3c3ccc(C)cc32)ccc1C#N. The molecule has 262 valence electrons. The van der Waals surface area contributed by atoms with Gasteiger partial charge >= 0.3 is 0 Å². The van der Waals surface area contributed by atoms with E-state index >= 15 is 0 Å². The topological polar surface area (TPSA) is 41.2 Å². The van der Waals surface area contributed by atoms with E-state index in [1.165, 1.54) is 16.3 Å². The Balaban J connectivity index is 1.20. The molecule has 5 heteroatoms. The third kappa shape index (κ3) is 5.22. The molecule has 0 spiro atoms. The molecule has 10 rings (SSSR count). The lowest BCUT2D eigenvalue weighted by molar-refractivity contribution is 1.17. The van der Waals surface area contributed by atoms with Crippen molar-refractivity contribution in [3.05, 3.63) is 205 Å². The van der Waals surface area contributed by atoms with Crippen LogP contribution in [0.25, 0.3) is 71.0 Å². The molecule has 0 aliphatic rings. The highest BCUT2D eigenvalue weighted by Crippen LogP contribution is 2.42. The highest BCUT2D eigenvalue weighted by molar-refractivity contribution is 6.11. The summed E-state index contributed by atoms with van der Waals surface area (Å²) in [4.78, 5) is 6.27. The Kier molecular flexibility index (Phi) is 7.73.